The first-order valence-corrected chi connectivity index (χ1v) is 15.1. The Bertz CT molecular complexity index is 896. The minimum absolute atomic E-state index is 0.209. The van der Waals surface area contributed by atoms with E-state index in [-0.39, 0.29) is 11.9 Å². The van der Waals surface area contributed by atoms with Crippen LogP contribution in [0.15, 0.2) is 54.6 Å². The predicted octanol–water partition coefficient (Wildman–Crippen LogP) is 8.72. The molecule has 0 N–H and O–H groups in total. The van der Waals surface area contributed by atoms with Crippen molar-refractivity contribution in [1.82, 2.24) is 0 Å². The van der Waals surface area contributed by atoms with Gasteiger partial charge in [-0.2, -0.15) is 0 Å². The first-order chi connectivity index (χ1) is 18.3. The number of aryl methyl sites for hydroxylation is 1. The molecule has 0 radical (unpaired) electrons. The van der Waals surface area contributed by atoms with Crippen molar-refractivity contribution < 1.29 is 18.8 Å². The van der Waals surface area contributed by atoms with Crippen molar-refractivity contribution in [2.24, 2.45) is 5.92 Å². The van der Waals surface area contributed by atoms with Gasteiger partial charge < -0.3 is 14.0 Å². The van der Waals surface area contributed by atoms with Crippen LogP contribution in [0.2, 0.25) is 0 Å². The van der Waals surface area contributed by atoms with E-state index in [0.717, 1.165) is 29.6 Å². The lowest BCUT2D eigenvalue weighted by Crippen LogP contribution is -2.44. The van der Waals surface area contributed by atoms with Gasteiger partial charge in [0.1, 0.15) is 18.2 Å². The number of quaternary nitrogens is 1. The Balaban J connectivity index is 1.69. The Morgan fingerprint density at radius 1 is 0.763 bits per heavy atom. The molecule has 0 amide bonds. The van der Waals surface area contributed by atoms with Crippen LogP contribution in [-0.4, -0.2) is 37.4 Å². The van der Waals surface area contributed by atoms with Crippen LogP contribution in [0.1, 0.15) is 103 Å². The van der Waals surface area contributed by atoms with Crippen LogP contribution in [0.25, 0.3) is 0 Å². The molecule has 0 aromatic heterocycles. The lowest BCUT2D eigenvalue weighted by Gasteiger charge is -2.32. The highest BCUT2D eigenvalue weighted by molar-refractivity contribution is 5.72. The summed E-state index contributed by atoms with van der Waals surface area (Å²) in [5.74, 6) is 0.402. The summed E-state index contributed by atoms with van der Waals surface area (Å²) in [6.07, 6.45) is 15.1. The van der Waals surface area contributed by atoms with Crippen molar-refractivity contribution >= 4 is 5.97 Å². The molecule has 0 aliphatic rings. The first kappa shape index (κ1) is 31.9. The third kappa shape index (κ3) is 13.5. The van der Waals surface area contributed by atoms with Crippen molar-refractivity contribution in [3.63, 3.8) is 0 Å². The fourth-order valence-corrected chi connectivity index (χ4v) is 5.25. The fraction of sp³-hybridized carbons (Fsp3) is 0.618. The van der Waals surface area contributed by atoms with E-state index in [1.54, 1.807) is 0 Å². The second-order valence-corrected chi connectivity index (χ2v) is 11.7. The zero-order chi connectivity index (χ0) is 27.6. The van der Waals surface area contributed by atoms with Crippen molar-refractivity contribution in [3.05, 3.63) is 65.7 Å². The Morgan fingerprint density at radius 2 is 1.32 bits per heavy atom. The van der Waals surface area contributed by atoms with Crippen LogP contribution < -0.4 is 4.74 Å². The van der Waals surface area contributed by atoms with Crippen molar-refractivity contribution in [1.29, 1.82) is 0 Å². The van der Waals surface area contributed by atoms with E-state index in [1.165, 1.54) is 75.3 Å². The van der Waals surface area contributed by atoms with Gasteiger partial charge in [-0.05, 0) is 31.4 Å². The summed E-state index contributed by atoms with van der Waals surface area (Å²) in [6.45, 7) is 7.61. The van der Waals surface area contributed by atoms with Crippen LogP contribution in [-0.2, 0) is 22.5 Å². The van der Waals surface area contributed by atoms with E-state index in [2.05, 4.69) is 57.4 Å². The van der Waals surface area contributed by atoms with Gasteiger partial charge >= 0.3 is 5.97 Å². The van der Waals surface area contributed by atoms with Crippen LogP contribution in [0.5, 0.6) is 5.75 Å². The Kier molecular flexibility index (Phi) is 15.1. The average molecular weight is 525 g/mol. The highest BCUT2D eigenvalue weighted by Gasteiger charge is 2.27. The highest BCUT2D eigenvalue weighted by atomic mass is 16.7. The number of esters is 1. The molecule has 38 heavy (non-hydrogen) atoms. The number of para-hydroxylation sites is 1. The van der Waals surface area contributed by atoms with E-state index in [9.17, 15) is 4.79 Å². The number of carbonyl (C=O) groups excluding carboxylic acids is 1. The maximum absolute atomic E-state index is 12.8. The molecular weight excluding hydrogens is 470 g/mol. The number of hydrogen-bond donors (Lipinski definition) is 0. The number of nitrogens with zero attached hydrogens (tertiary/aromatic N) is 1. The molecule has 0 aliphatic carbocycles. The number of ether oxygens (including phenoxy) is 2. The molecule has 0 bridgehead atoms. The zero-order valence-corrected chi connectivity index (χ0v) is 24.9. The van der Waals surface area contributed by atoms with E-state index < -0.39 is 6.29 Å². The summed E-state index contributed by atoms with van der Waals surface area (Å²) >= 11 is 0. The van der Waals surface area contributed by atoms with Crippen LogP contribution in [0.3, 0.4) is 0 Å². The number of benzene rings is 2. The average Bonchev–Trinajstić information content (AvgIpc) is 2.88. The van der Waals surface area contributed by atoms with Gasteiger partial charge in [0, 0.05) is 12.5 Å². The Labute approximate surface area is 233 Å². The highest BCUT2D eigenvalue weighted by Crippen LogP contribution is 2.23. The molecule has 0 aliphatic heterocycles. The molecule has 2 rings (SSSR count). The second-order valence-electron chi connectivity index (χ2n) is 11.7. The lowest BCUT2D eigenvalue weighted by molar-refractivity contribution is -0.905. The standard InChI is InChI=1S/C34H54NO3/c1-6-7-8-9-10-11-12-13-14-15-19-24-32-25-20-21-26-33(32)37-30(3)38-34(36)29(2)27-35(4,5)28-31-22-17-16-18-23-31/h16-18,20-23,25-26,29-30H,6-15,19,24,27-28H2,1-5H3/q+1. The molecule has 0 saturated carbocycles. The van der Waals surface area contributed by atoms with Gasteiger partial charge in [-0.3, -0.25) is 4.79 Å². The fourth-order valence-electron chi connectivity index (χ4n) is 5.25. The van der Waals surface area contributed by atoms with E-state index in [4.69, 9.17) is 9.47 Å². The van der Waals surface area contributed by atoms with Gasteiger partial charge in [-0.25, -0.2) is 0 Å². The molecule has 0 fully saturated rings. The van der Waals surface area contributed by atoms with Gasteiger partial charge in [0.15, 0.2) is 0 Å². The monoisotopic (exact) mass is 524 g/mol. The van der Waals surface area contributed by atoms with Crippen LogP contribution in [0, 0.1) is 5.92 Å². The summed E-state index contributed by atoms with van der Waals surface area (Å²) in [5.41, 5.74) is 2.46. The van der Waals surface area contributed by atoms with Crippen molar-refractivity contribution in [2.75, 3.05) is 20.6 Å². The molecule has 4 heteroatoms. The molecule has 4 nitrogen and oxygen atoms in total. The summed E-state index contributed by atoms with van der Waals surface area (Å²) in [5, 5.41) is 0. The topological polar surface area (TPSA) is 35.5 Å². The number of carbonyl (C=O) groups is 1. The maximum atomic E-state index is 12.8. The molecule has 212 valence electrons. The van der Waals surface area contributed by atoms with Crippen molar-refractivity contribution in [3.8, 4) is 5.75 Å². The summed E-state index contributed by atoms with van der Waals surface area (Å²) in [7, 11) is 4.31. The molecule has 0 heterocycles. The lowest BCUT2D eigenvalue weighted by atomic mass is 10.0. The first-order valence-electron chi connectivity index (χ1n) is 15.1. The molecule has 2 atom stereocenters. The van der Waals surface area contributed by atoms with E-state index in [1.807, 2.05) is 32.0 Å². The summed E-state index contributed by atoms with van der Waals surface area (Å²) in [4.78, 5) is 12.8. The largest absolute Gasteiger partial charge is 0.455 e. The van der Waals surface area contributed by atoms with Crippen LogP contribution in [0.4, 0.5) is 0 Å². The van der Waals surface area contributed by atoms with Gasteiger partial charge in [0.2, 0.25) is 6.29 Å². The smallest absolute Gasteiger partial charge is 0.317 e. The third-order valence-corrected chi connectivity index (χ3v) is 7.22. The molecule has 0 saturated heterocycles. The summed E-state index contributed by atoms with van der Waals surface area (Å²) in [6, 6.07) is 18.6. The molecule has 0 spiro atoms. The van der Waals surface area contributed by atoms with E-state index in [0.29, 0.717) is 6.54 Å². The van der Waals surface area contributed by atoms with Crippen molar-refractivity contribution in [2.45, 2.75) is 111 Å². The quantitative estimate of drug-likeness (QED) is 0.0752. The minimum Gasteiger partial charge on any atom is -0.455 e. The molecule has 2 aromatic carbocycles. The Morgan fingerprint density at radius 3 is 1.95 bits per heavy atom. The third-order valence-electron chi connectivity index (χ3n) is 7.22. The molecule has 2 unspecified atom stereocenters. The van der Waals surface area contributed by atoms with Gasteiger partial charge in [-0.1, -0.05) is 120 Å². The zero-order valence-electron chi connectivity index (χ0n) is 24.9. The van der Waals surface area contributed by atoms with Gasteiger partial charge in [0.25, 0.3) is 0 Å². The van der Waals surface area contributed by atoms with E-state index >= 15 is 0 Å². The number of unbranched alkanes of at least 4 members (excludes halogenated alkanes) is 10. The molecule has 2 aromatic rings. The second kappa shape index (κ2) is 18.0. The minimum atomic E-state index is -0.617. The van der Waals surface area contributed by atoms with Crippen LogP contribution >= 0.6 is 0 Å². The van der Waals surface area contributed by atoms with Gasteiger partial charge in [0.05, 0.1) is 20.6 Å². The maximum Gasteiger partial charge on any atom is 0.317 e. The normalized spacial score (nSPS) is 13.2. The number of hydrogen-bond acceptors (Lipinski definition) is 3. The number of rotatable bonds is 20. The molecular formula is C34H54NO3+. The SMILES string of the molecule is CCCCCCCCCCCCCc1ccccc1OC(C)OC(=O)C(C)C[N+](C)(C)Cc1ccccc1. The summed E-state index contributed by atoms with van der Waals surface area (Å²) < 4.78 is 12.5. The van der Waals surface area contributed by atoms with Gasteiger partial charge in [-0.15, -0.1) is 0 Å². The Hall–Kier alpha value is -2.33. The predicted molar refractivity (Wildman–Crippen MR) is 159 cm³/mol.